The van der Waals surface area contributed by atoms with E-state index in [4.69, 9.17) is 0 Å². The van der Waals surface area contributed by atoms with Crippen LogP contribution in [-0.4, -0.2) is 18.5 Å². The van der Waals surface area contributed by atoms with Gasteiger partial charge in [0.05, 0.1) is 0 Å². The summed E-state index contributed by atoms with van der Waals surface area (Å²) in [6.07, 6.45) is 3.03. The predicted octanol–water partition coefficient (Wildman–Crippen LogP) is 3.24. The van der Waals surface area contributed by atoms with Gasteiger partial charge in [-0.1, -0.05) is 26.3 Å². The molecule has 0 fully saturated rings. The van der Waals surface area contributed by atoms with Crippen LogP contribution in [-0.2, 0) is 10.1 Å². The molecule has 0 heterocycles. The van der Waals surface area contributed by atoms with Gasteiger partial charge in [-0.05, 0) is 45.1 Å². The van der Waals surface area contributed by atoms with Crippen molar-refractivity contribution in [2.24, 2.45) is 5.41 Å². The molecule has 19 heavy (non-hydrogen) atoms. The Kier molecular flexibility index (Phi) is 4.23. The van der Waals surface area contributed by atoms with Crippen molar-refractivity contribution < 1.29 is 13.0 Å². The summed E-state index contributed by atoms with van der Waals surface area (Å²) in [5.74, 6) is 0. The molecule has 1 aliphatic rings. The van der Waals surface area contributed by atoms with Crippen molar-refractivity contribution in [1.29, 1.82) is 0 Å². The van der Waals surface area contributed by atoms with Crippen LogP contribution in [0.3, 0.4) is 0 Å². The number of hydrogen-bond donors (Lipinski definition) is 2. The molecule has 0 bridgehead atoms. The highest BCUT2D eigenvalue weighted by Gasteiger charge is 2.28. The monoisotopic (exact) mass is 287 g/mol. The normalized spacial score (nSPS) is 18.4. The molecule has 0 atom stereocenters. The minimum absolute atomic E-state index is 0.0126. The van der Waals surface area contributed by atoms with Crippen molar-refractivity contribution in [2.75, 3.05) is 0 Å². The molecule has 0 aromatic carbocycles. The van der Waals surface area contributed by atoms with Crippen LogP contribution in [0.1, 0.15) is 54.4 Å². The first-order chi connectivity index (χ1) is 8.31. The molecule has 0 radical (unpaired) electrons. The molecule has 2 N–H and O–H groups in total. The molecule has 0 spiro atoms. The summed E-state index contributed by atoms with van der Waals surface area (Å²) in [6.45, 7) is 12.0. The van der Waals surface area contributed by atoms with E-state index in [1.165, 1.54) is 0 Å². The molecule has 0 amide bonds. The summed E-state index contributed by atoms with van der Waals surface area (Å²) in [4.78, 5) is 0.0126. The van der Waals surface area contributed by atoms with Crippen LogP contribution in [0.25, 0.3) is 0 Å². The fraction of sp³-hybridized carbons (Fsp3) is 0.714. The predicted molar refractivity (Wildman–Crippen MR) is 78.2 cm³/mol. The van der Waals surface area contributed by atoms with E-state index in [1.807, 2.05) is 41.5 Å². The molecule has 0 saturated heterocycles. The van der Waals surface area contributed by atoms with Crippen LogP contribution in [0.5, 0.6) is 0 Å². The number of allylic oxidation sites excluding steroid dienone is 3. The van der Waals surface area contributed by atoms with Crippen molar-refractivity contribution in [2.45, 2.75) is 59.9 Å². The van der Waals surface area contributed by atoms with Gasteiger partial charge in [0.25, 0.3) is 10.1 Å². The lowest BCUT2D eigenvalue weighted by Crippen LogP contribution is -2.37. The fourth-order valence-electron chi connectivity index (χ4n) is 2.10. The zero-order valence-corrected chi connectivity index (χ0v) is 13.5. The van der Waals surface area contributed by atoms with Crippen LogP contribution in [0.15, 0.2) is 22.3 Å². The Morgan fingerprint density at radius 3 is 2.00 bits per heavy atom. The van der Waals surface area contributed by atoms with Gasteiger partial charge < -0.3 is 5.32 Å². The molecule has 0 aliphatic heterocycles. The van der Waals surface area contributed by atoms with Gasteiger partial charge in [-0.15, -0.1) is 0 Å². The van der Waals surface area contributed by atoms with E-state index in [-0.39, 0.29) is 15.9 Å². The minimum atomic E-state index is -4.20. The van der Waals surface area contributed by atoms with Gasteiger partial charge in [-0.25, -0.2) is 0 Å². The van der Waals surface area contributed by atoms with Crippen molar-refractivity contribution in [3.05, 3.63) is 22.3 Å². The number of rotatable bonds is 2. The van der Waals surface area contributed by atoms with Crippen molar-refractivity contribution >= 4 is 10.1 Å². The first-order valence-corrected chi connectivity index (χ1v) is 7.94. The fourth-order valence-corrected chi connectivity index (χ4v) is 2.85. The van der Waals surface area contributed by atoms with Crippen molar-refractivity contribution in [3.8, 4) is 0 Å². The van der Waals surface area contributed by atoms with Crippen LogP contribution in [0, 0.1) is 5.41 Å². The lowest BCUT2D eigenvalue weighted by atomic mass is 9.81. The average Bonchev–Trinajstić information content (AvgIpc) is 2.11. The first kappa shape index (κ1) is 16.2. The van der Waals surface area contributed by atoms with E-state index in [0.29, 0.717) is 12.1 Å². The third-order valence-corrected chi connectivity index (χ3v) is 3.93. The summed E-state index contributed by atoms with van der Waals surface area (Å²) >= 11 is 0. The van der Waals surface area contributed by atoms with E-state index < -0.39 is 10.1 Å². The van der Waals surface area contributed by atoms with Crippen LogP contribution in [0.2, 0.25) is 0 Å². The summed E-state index contributed by atoms with van der Waals surface area (Å²) in [7, 11) is -4.20. The molecule has 0 aromatic heterocycles. The highest BCUT2D eigenvalue weighted by Crippen LogP contribution is 2.36. The van der Waals surface area contributed by atoms with Crippen LogP contribution < -0.4 is 5.32 Å². The molecule has 1 aliphatic carbocycles. The topological polar surface area (TPSA) is 66.4 Å². The van der Waals surface area contributed by atoms with Crippen molar-refractivity contribution in [1.82, 2.24) is 5.32 Å². The number of hydrogen-bond acceptors (Lipinski definition) is 3. The maximum atomic E-state index is 11.6. The molecule has 0 aromatic rings. The zero-order valence-electron chi connectivity index (χ0n) is 12.7. The molecule has 1 rings (SSSR count). The third kappa shape index (κ3) is 4.66. The Labute approximate surface area is 116 Å². The Morgan fingerprint density at radius 1 is 1.11 bits per heavy atom. The summed E-state index contributed by atoms with van der Waals surface area (Å²) in [6, 6.07) is 0. The summed E-state index contributed by atoms with van der Waals surface area (Å²) in [5.41, 5.74) is 1.31. The minimum Gasteiger partial charge on any atom is -0.383 e. The molecular weight excluding hydrogens is 262 g/mol. The first-order valence-electron chi connectivity index (χ1n) is 6.50. The average molecular weight is 287 g/mol. The third-order valence-electron chi connectivity index (χ3n) is 3.01. The van der Waals surface area contributed by atoms with Crippen LogP contribution in [0.4, 0.5) is 0 Å². The molecule has 0 saturated carbocycles. The summed E-state index contributed by atoms with van der Waals surface area (Å²) < 4.78 is 32.6. The lowest BCUT2D eigenvalue weighted by molar-refractivity contribution is 0.440. The second-order valence-electron chi connectivity index (χ2n) is 7.11. The Morgan fingerprint density at radius 2 is 1.63 bits per heavy atom. The Balaban J connectivity index is 3.31. The largest absolute Gasteiger partial charge is 0.383 e. The highest BCUT2D eigenvalue weighted by atomic mass is 32.2. The Hall–Kier alpha value is -0.810. The van der Waals surface area contributed by atoms with E-state index in [2.05, 4.69) is 5.32 Å². The Bertz CT molecular complexity index is 514. The van der Waals surface area contributed by atoms with Gasteiger partial charge in [0, 0.05) is 11.2 Å². The maximum Gasteiger partial charge on any atom is 0.296 e. The highest BCUT2D eigenvalue weighted by molar-refractivity contribution is 7.90. The van der Waals surface area contributed by atoms with Crippen molar-refractivity contribution in [3.63, 3.8) is 0 Å². The standard InChI is InChI=1S/C14H25NO3S/c1-13(2,3)10-7-8-11(15-14(4,5)6)12(9-10)19(16,17)18/h9,15H,7-8H2,1-6H3,(H,16,17,18). The summed E-state index contributed by atoms with van der Waals surface area (Å²) in [5, 5.41) is 3.18. The van der Waals surface area contributed by atoms with Gasteiger partial charge in [-0.3, -0.25) is 4.55 Å². The molecule has 0 unspecified atom stereocenters. The van der Waals surface area contributed by atoms with E-state index in [1.54, 1.807) is 6.08 Å². The molecule has 5 heteroatoms. The quantitative estimate of drug-likeness (QED) is 0.765. The maximum absolute atomic E-state index is 11.6. The zero-order chi connectivity index (χ0) is 15.1. The lowest BCUT2D eigenvalue weighted by Gasteiger charge is -2.31. The van der Waals surface area contributed by atoms with Gasteiger partial charge in [0.15, 0.2) is 0 Å². The molecule has 110 valence electrons. The van der Waals surface area contributed by atoms with Gasteiger partial charge in [0.2, 0.25) is 0 Å². The second-order valence-corrected chi connectivity index (χ2v) is 8.50. The van der Waals surface area contributed by atoms with E-state index in [0.717, 1.165) is 12.0 Å². The van der Waals surface area contributed by atoms with E-state index in [9.17, 15) is 13.0 Å². The smallest absolute Gasteiger partial charge is 0.296 e. The van der Waals surface area contributed by atoms with E-state index >= 15 is 0 Å². The van der Waals surface area contributed by atoms with Gasteiger partial charge in [-0.2, -0.15) is 8.42 Å². The second kappa shape index (κ2) is 4.94. The molecule has 4 nitrogen and oxygen atoms in total. The van der Waals surface area contributed by atoms with Gasteiger partial charge >= 0.3 is 0 Å². The molecular formula is C14H25NO3S. The van der Waals surface area contributed by atoms with Gasteiger partial charge in [0.1, 0.15) is 4.91 Å². The van der Waals surface area contributed by atoms with Crippen LogP contribution >= 0.6 is 0 Å². The number of nitrogens with one attached hydrogen (secondary N) is 1. The SMILES string of the molecule is CC(C)(C)NC1=C(S(=O)(=O)O)C=C(C(C)(C)C)CC1.